The summed E-state index contributed by atoms with van der Waals surface area (Å²) < 4.78 is 25.2. The van der Waals surface area contributed by atoms with Crippen LogP contribution in [0.5, 0.6) is 0 Å². The minimum Gasteiger partial charge on any atom is -0.357 e. The Morgan fingerprint density at radius 3 is 2.42 bits per heavy atom. The van der Waals surface area contributed by atoms with Crippen LogP contribution in [0.1, 0.15) is 31.4 Å². The molecule has 1 heterocycles. The van der Waals surface area contributed by atoms with Gasteiger partial charge in [-0.15, -0.1) is 24.0 Å². The van der Waals surface area contributed by atoms with Crippen LogP contribution in [0.25, 0.3) is 0 Å². The molecule has 26 heavy (non-hydrogen) atoms. The molecule has 0 spiro atoms. The molecule has 6 nitrogen and oxygen atoms in total. The van der Waals surface area contributed by atoms with Crippen molar-refractivity contribution in [1.82, 2.24) is 14.5 Å². The third kappa shape index (κ3) is 6.70. The highest BCUT2D eigenvalue weighted by Crippen LogP contribution is 2.12. The van der Waals surface area contributed by atoms with Crippen LogP contribution in [0.3, 0.4) is 0 Å². The number of sulfonamides is 1. The van der Waals surface area contributed by atoms with Crippen molar-refractivity contribution in [3.05, 3.63) is 35.4 Å². The van der Waals surface area contributed by atoms with Crippen LogP contribution in [0.4, 0.5) is 0 Å². The van der Waals surface area contributed by atoms with Crippen LogP contribution in [0.15, 0.2) is 29.3 Å². The van der Waals surface area contributed by atoms with Crippen LogP contribution in [0.2, 0.25) is 0 Å². The van der Waals surface area contributed by atoms with Gasteiger partial charge in [0.15, 0.2) is 5.96 Å². The van der Waals surface area contributed by atoms with Crippen molar-refractivity contribution in [3.63, 3.8) is 0 Å². The van der Waals surface area contributed by atoms with E-state index in [1.165, 1.54) is 11.1 Å². The summed E-state index contributed by atoms with van der Waals surface area (Å²) in [7, 11) is -1.04. The predicted octanol–water partition coefficient (Wildman–Crippen LogP) is 2.30. The molecule has 8 heteroatoms. The van der Waals surface area contributed by atoms with Crippen molar-refractivity contribution >= 4 is 40.0 Å². The van der Waals surface area contributed by atoms with Crippen LogP contribution in [0, 0.1) is 0 Å². The number of benzene rings is 1. The van der Waals surface area contributed by atoms with E-state index in [-0.39, 0.29) is 29.7 Å². The number of halogens is 1. The number of nitrogens with zero attached hydrogens (tertiary/aromatic N) is 3. The van der Waals surface area contributed by atoms with E-state index in [4.69, 9.17) is 0 Å². The fourth-order valence-electron chi connectivity index (χ4n) is 2.91. The number of hydrogen-bond acceptors (Lipinski definition) is 3. The largest absolute Gasteiger partial charge is 0.357 e. The van der Waals surface area contributed by atoms with Crippen LogP contribution in [-0.2, 0) is 23.0 Å². The Morgan fingerprint density at radius 1 is 1.23 bits per heavy atom. The maximum Gasteiger partial charge on any atom is 0.214 e. The summed E-state index contributed by atoms with van der Waals surface area (Å²) >= 11 is 0. The second kappa shape index (κ2) is 11.1. The molecule has 0 radical (unpaired) electrons. The summed E-state index contributed by atoms with van der Waals surface area (Å²) in [4.78, 5) is 6.67. The van der Waals surface area contributed by atoms with E-state index >= 15 is 0 Å². The smallest absolute Gasteiger partial charge is 0.214 e. The van der Waals surface area contributed by atoms with Gasteiger partial charge in [-0.3, -0.25) is 4.99 Å². The van der Waals surface area contributed by atoms with Gasteiger partial charge in [0.25, 0.3) is 0 Å². The van der Waals surface area contributed by atoms with Crippen LogP contribution in [-0.4, -0.2) is 62.6 Å². The summed E-state index contributed by atoms with van der Waals surface area (Å²) in [6.45, 7) is 7.27. The maximum atomic E-state index is 11.8. The molecule has 148 valence electrons. The van der Waals surface area contributed by atoms with Gasteiger partial charge >= 0.3 is 0 Å². The minimum absolute atomic E-state index is 0. The van der Waals surface area contributed by atoms with E-state index in [0.29, 0.717) is 19.6 Å². The van der Waals surface area contributed by atoms with Gasteiger partial charge in [0, 0.05) is 33.2 Å². The zero-order valence-corrected chi connectivity index (χ0v) is 19.1. The topological polar surface area (TPSA) is 65.0 Å². The molecule has 1 aromatic carbocycles. The Bertz CT molecular complexity index is 677. The molecule has 1 saturated heterocycles. The van der Waals surface area contributed by atoms with E-state index in [2.05, 4.69) is 46.4 Å². The number of nitrogens with one attached hydrogen (secondary N) is 1. The van der Waals surface area contributed by atoms with Crippen molar-refractivity contribution < 1.29 is 8.42 Å². The monoisotopic (exact) mass is 494 g/mol. The molecular weight excluding hydrogens is 463 g/mol. The second-order valence-electron chi connectivity index (χ2n) is 6.33. The van der Waals surface area contributed by atoms with Gasteiger partial charge < -0.3 is 10.2 Å². The lowest BCUT2D eigenvalue weighted by Crippen LogP contribution is -2.39. The highest BCUT2D eigenvalue weighted by molar-refractivity contribution is 14.0. The molecule has 1 aliphatic rings. The molecule has 0 unspecified atom stereocenters. The molecule has 2 rings (SSSR count). The fourth-order valence-corrected chi connectivity index (χ4v) is 4.43. The summed E-state index contributed by atoms with van der Waals surface area (Å²) in [5.74, 6) is 1.07. The van der Waals surface area contributed by atoms with Gasteiger partial charge in [0.05, 0.1) is 12.3 Å². The number of guanidine groups is 1. The minimum atomic E-state index is -3.04. The Kier molecular flexibility index (Phi) is 9.88. The lowest BCUT2D eigenvalue weighted by atomic mass is 10.1. The zero-order valence-electron chi connectivity index (χ0n) is 15.9. The highest BCUT2D eigenvalue weighted by Gasteiger charge is 2.27. The lowest BCUT2D eigenvalue weighted by molar-refractivity contribution is 0.445. The first-order valence-corrected chi connectivity index (χ1v) is 10.6. The first-order valence-electron chi connectivity index (χ1n) is 9.01. The van der Waals surface area contributed by atoms with Crippen molar-refractivity contribution in [2.45, 2.75) is 33.2 Å². The summed E-state index contributed by atoms with van der Waals surface area (Å²) in [5.41, 5.74) is 2.56. The van der Waals surface area contributed by atoms with Crippen molar-refractivity contribution in [3.8, 4) is 0 Å². The van der Waals surface area contributed by atoms with E-state index in [1.54, 1.807) is 4.31 Å². The summed E-state index contributed by atoms with van der Waals surface area (Å²) in [6.07, 6.45) is 1.76. The number of rotatable bonds is 7. The summed E-state index contributed by atoms with van der Waals surface area (Å²) in [5, 5.41) is 3.28. The van der Waals surface area contributed by atoms with E-state index in [0.717, 1.165) is 31.9 Å². The number of aryl methyl sites for hydroxylation is 1. The molecule has 1 aromatic rings. The van der Waals surface area contributed by atoms with Crippen molar-refractivity contribution in [2.24, 2.45) is 4.99 Å². The molecule has 0 bridgehead atoms. The van der Waals surface area contributed by atoms with Gasteiger partial charge in [0.2, 0.25) is 10.0 Å². The normalized spacial score (nSPS) is 17.0. The molecule has 0 amide bonds. The third-order valence-corrected chi connectivity index (χ3v) is 6.32. The van der Waals surface area contributed by atoms with E-state index < -0.39 is 10.0 Å². The highest BCUT2D eigenvalue weighted by atomic mass is 127. The first-order chi connectivity index (χ1) is 12.0. The van der Waals surface area contributed by atoms with Gasteiger partial charge in [-0.25, -0.2) is 12.7 Å². The second-order valence-corrected chi connectivity index (χ2v) is 8.42. The van der Waals surface area contributed by atoms with Gasteiger partial charge in [0.1, 0.15) is 0 Å². The molecule has 0 aliphatic carbocycles. The SMILES string of the molecule is CCNC(=NCCN1CCCS1(=O)=O)N(C)Cc1ccc(CC)cc1.I. The van der Waals surface area contributed by atoms with Gasteiger partial charge in [-0.2, -0.15) is 0 Å². The molecule has 1 N–H and O–H groups in total. The van der Waals surface area contributed by atoms with Gasteiger partial charge in [-0.1, -0.05) is 31.2 Å². The summed E-state index contributed by atoms with van der Waals surface area (Å²) in [6, 6.07) is 8.61. The molecule has 0 saturated carbocycles. The standard InChI is InChI=1S/C18H30N4O2S.HI/c1-4-16-7-9-17(10-8-16)15-21(3)18(19-5-2)20-11-13-22-12-6-14-25(22,23)24;/h7-10H,4-6,11-15H2,1-3H3,(H,19,20);1H. The van der Waals surface area contributed by atoms with E-state index in [9.17, 15) is 8.42 Å². The molecule has 0 atom stereocenters. The number of aliphatic imine (C=N–C) groups is 1. The maximum absolute atomic E-state index is 11.8. The Hall–Kier alpha value is -0.870. The fraction of sp³-hybridized carbons (Fsp3) is 0.611. The zero-order chi connectivity index (χ0) is 18.3. The van der Waals surface area contributed by atoms with Crippen molar-refractivity contribution in [1.29, 1.82) is 0 Å². The average Bonchev–Trinajstić information content (AvgIpc) is 2.93. The third-order valence-electron chi connectivity index (χ3n) is 4.36. The van der Waals surface area contributed by atoms with Gasteiger partial charge in [-0.05, 0) is 30.9 Å². The molecule has 1 fully saturated rings. The predicted molar refractivity (Wildman–Crippen MR) is 119 cm³/mol. The van der Waals surface area contributed by atoms with Crippen LogP contribution < -0.4 is 5.32 Å². The average molecular weight is 494 g/mol. The Morgan fingerprint density at radius 2 is 1.88 bits per heavy atom. The quantitative estimate of drug-likeness (QED) is 0.359. The molecular formula is C18H31IN4O2S. The number of hydrogen-bond donors (Lipinski definition) is 1. The lowest BCUT2D eigenvalue weighted by Gasteiger charge is -2.22. The van der Waals surface area contributed by atoms with Crippen molar-refractivity contribution in [2.75, 3.05) is 39.0 Å². The Labute approximate surface area is 175 Å². The first kappa shape index (κ1) is 23.2. The molecule has 0 aromatic heterocycles. The van der Waals surface area contributed by atoms with E-state index in [1.807, 2.05) is 14.0 Å². The molecule has 1 aliphatic heterocycles. The Balaban J connectivity index is 0.00000338. The van der Waals surface area contributed by atoms with Crippen LogP contribution >= 0.6 is 24.0 Å².